The van der Waals surface area contributed by atoms with Gasteiger partial charge in [0.2, 0.25) is 0 Å². The zero-order valence-corrected chi connectivity index (χ0v) is 10.3. The Hall–Kier alpha value is -1.40. The highest BCUT2D eigenvalue weighted by atomic mass is 16.5. The van der Waals surface area contributed by atoms with Crippen LogP contribution >= 0.6 is 0 Å². The SMILES string of the molecule is O=C(C=CC(=O)OCCCCO)OCCCCO. The molecule has 0 saturated carbocycles. The minimum Gasteiger partial charge on any atom is -0.463 e. The standard InChI is InChI=1S/C12H20O6/c13-7-1-3-9-17-11(15)5-6-12(16)18-10-4-2-8-14/h5-6,13-14H,1-4,7-10H2. The predicted molar refractivity (Wildman–Crippen MR) is 63.7 cm³/mol. The van der Waals surface area contributed by atoms with Gasteiger partial charge in [0, 0.05) is 25.4 Å². The first-order valence-electron chi connectivity index (χ1n) is 5.94. The Labute approximate surface area is 106 Å². The lowest BCUT2D eigenvalue weighted by atomic mass is 10.3. The van der Waals surface area contributed by atoms with Crippen LogP contribution in [0.4, 0.5) is 0 Å². The largest absolute Gasteiger partial charge is 0.463 e. The Morgan fingerprint density at radius 1 is 0.778 bits per heavy atom. The topological polar surface area (TPSA) is 93.1 Å². The van der Waals surface area contributed by atoms with Crippen molar-refractivity contribution in [2.24, 2.45) is 0 Å². The maximum atomic E-state index is 11.1. The number of aliphatic hydroxyl groups is 2. The summed E-state index contributed by atoms with van der Waals surface area (Å²) in [6.07, 6.45) is 4.33. The summed E-state index contributed by atoms with van der Waals surface area (Å²) < 4.78 is 9.52. The van der Waals surface area contributed by atoms with Crippen LogP contribution in [0.15, 0.2) is 12.2 Å². The normalized spacial score (nSPS) is 10.6. The van der Waals surface area contributed by atoms with Crippen LogP contribution in [-0.4, -0.2) is 48.6 Å². The fourth-order valence-corrected chi connectivity index (χ4v) is 1.01. The molecule has 2 N–H and O–H groups in total. The molecule has 0 bridgehead atoms. The lowest BCUT2D eigenvalue weighted by Crippen LogP contribution is -2.06. The van der Waals surface area contributed by atoms with Crippen LogP contribution in [0.5, 0.6) is 0 Å². The van der Waals surface area contributed by atoms with E-state index in [9.17, 15) is 9.59 Å². The molecule has 0 atom stereocenters. The summed E-state index contributed by atoms with van der Waals surface area (Å²) in [7, 11) is 0. The predicted octanol–water partition coefficient (Wildman–Crippen LogP) is 0.174. The van der Waals surface area contributed by atoms with E-state index in [0.717, 1.165) is 12.2 Å². The Bertz CT molecular complexity index is 235. The number of ether oxygens (including phenoxy) is 2. The van der Waals surface area contributed by atoms with E-state index in [4.69, 9.17) is 19.7 Å². The van der Waals surface area contributed by atoms with Gasteiger partial charge in [-0.25, -0.2) is 9.59 Å². The zero-order chi connectivity index (χ0) is 13.6. The van der Waals surface area contributed by atoms with Crippen LogP contribution in [-0.2, 0) is 19.1 Å². The van der Waals surface area contributed by atoms with Gasteiger partial charge in [-0.05, 0) is 25.7 Å². The van der Waals surface area contributed by atoms with Crippen molar-refractivity contribution >= 4 is 11.9 Å². The van der Waals surface area contributed by atoms with E-state index in [-0.39, 0.29) is 26.4 Å². The molecule has 6 heteroatoms. The van der Waals surface area contributed by atoms with E-state index in [1.54, 1.807) is 0 Å². The molecule has 0 aliphatic rings. The molecule has 0 fully saturated rings. The third-order valence-corrected chi connectivity index (χ3v) is 1.95. The highest BCUT2D eigenvalue weighted by molar-refractivity contribution is 5.91. The smallest absolute Gasteiger partial charge is 0.331 e. The van der Waals surface area contributed by atoms with Crippen molar-refractivity contribution in [2.45, 2.75) is 25.7 Å². The maximum Gasteiger partial charge on any atom is 0.331 e. The summed E-state index contributed by atoms with van der Waals surface area (Å²) in [6.45, 7) is 0.561. The molecule has 0 spiro atoms. The number of carbonyl (C=O) groups is 2. The second kappa shape index (κ2) is 12.1. The third-order valence-electron chi connectivity index (χ3n) is 1.95. The van der Waals surface area contributed by atoms with Crippen molar-refractivity contribution in [3.63, 3.8) is 0 Å². The summed E-state index contributed by atoms with van der Waals surface area (Å²) in [5.41, 5.74) is 0. The molecule has 0 radical (unpaired) electrons. The first kappa shape index (κ1) is 16.6. The van der Waals surface area contributed by atoms with Gasteiger partial charge in [-0.1, -0.05) is 0 Å². The first-order valence-corrected chi connectivity index (χ1v) is 5.94. The Morgan fingerprint density at radius 3 is 1.50 bits per heavy atom. The second-order valence-corrected chi connectivity index (χ2v) is 3.53. The number of esters is 2. The zero-order valence-electron chi connectivity index (χ0n) is 10.3. The molecule has 0 aromatic heterocycles. The molecular formula is C12H20O6. The van der Waals surface area contributed by atoms with Crippen molar-refractivity contribution in [1.29, 1.82) is 0 Å². The summed E-state index contributed by atoms with van der Waals surface area (Å²) in [5, 5.41) is 17.0. The summed E-state index contributed by atoms with van der Waals surface area (Å²) in [5.74, 6) is -1.22. The molecule has 0 heterocycles. The van der Waals surface area contributed by atoms with Gasteiger partial charge in [-0.3, -0.25) is 0 Å². The van der Waals surface area contributed by atoms with Crippen molar-refractivity contribution in [2.75, 3.05) is 26.4 Å². The van der Waals surface area contributed by atoms with E-state index in [1.807, 2.05) is 0 Å². The molecule has 0 aliphatic carbocycles. The highest BCUT2D eigenvalue weighted by Gasteiger charge is 2.00. The number of hydrogen-bond donors (Lipinski definition) is 2. The minimum absolute atomic E-state index is 0.0631. The van der Waals surface area contributed by atoms with Crippen LogP contribution in [0.1, 0.15) is 25.7 Å². The molecule has 0 aromatic carbocycles. The molecule has 0 aromatic rings. The molecule has 104 valence electrons. The fourth-order valence-electron chi connectivity index (χ4n) is 1.01. The number of carbonyl (C=O) groups excluding carboxylic acids is 2. The van der Waals surface area contributed by atoms with E-state index in [0.29, 0.717) is 25.7 Å². The lowest BCUT2D eigenvalue weighted by Gasteiger charge is -2.01. The molecule has 0 amide bonds. The van der Waals surface area contributed by atoms with E-state index < -0.39 is 11.9 Å². The second-order valence-electron chi connectivity index (χ2n) is 3.53. The molecule has 0 saturated heterocycles. The van der Waals surface area contributed by atoms with Crippen molar-refractivity contribution in [3.05, 3.63) is 12.2 Å². The average molecular weight is 260 g/mol. The summed E-state index contributed by atoms with van der Waals surface area (Å²) in [4.78, 5) is 22.1. The van der Waals surface area contributed by atoms with Crippen molar-refractivity contribution in [3.8, 4) is 0 Å². The summed E-state index contributed by atoms with van der Waals surface area (Å²) in [6, 6.07) is 0. The van der Waals surface area contributed by atoms with Gasteiger partial charge in [0.15, 0.2) is 0 Å². The maximum absolute atomic E-state index is 11.1. The third kappa shape index (κ3) is 11.1. The van der Waals surface area contributed by atoms with E-state index in [2.05, 4.69) is 0 Å². The van der Waals surface area contributed by atoms with Crippen LogP contribution < -0.4 is 0 Å². The van der Waals surface area contributed by atoms with Gasteiger partial charge in [0.25, 0.3) is 0 Å². The molecule has 0 aliphatic heterocycles. The first-order chi connectivity index (χ1) is 8.70. The number of rotatable bonds is 10. The highest BCUT2D eigenvalue weighted by Crippen LogP contribution is 1.93. The van der Waals surface area contributed by atoms with Crippen LogP contribution in [0.3, 0.4) is 0 Å². The fraction of sp³-hybridized carbons (Fsp3) is 0.667. The van der Waals surface area contributed by atoms with Crippen LogP contribution in [0.2, 0.25) is 0 Å². The molecule has 18 heavy (non-hydrogen) atoms. The Kier molecular flexibility index (Phi) is 11.1. The van der Waals surface area contributed by atoms with Crippen molar-refractivity contribution in [1.82, 2.24) is 0 Å². The molecule has 0 unspecified atom stereocenters. The number of unbranched alkanes of at least 4 members (excludes halogenated alkanes) is 2. The quantitative estimate of drug-likeness (QED) is 0.330. The Balaban J connectivity index is 3.58. The van der Waals surface area contributed by atoms with Gasteiger partial charge < -0.3 is 19.7 Å². The van der Waals surface area contributed by atoms with Crippen LogP contribution in [0.25, 0.3) is 0 Å². The van der Waals surface area contributed by atoms with Gasteiger partial charge >= 0.3 is 11.9 Å². The number of aliphatic hydroxyl groups excluding tert-OH is 2. The van der Waals surface area contributed by atoms with Gasteiger partial charge in [-0.2, -0.15) is 0 Å². The molecule has 0 rings (SSSR count). The van der Waals surface area contributed by atoms with E-state index >= 15 is 0 Å². The van der Waals surface area contributed by atoms with Crippen molar-refractivity contribution < 1.29 is 29.3 Å². The number of hydrogen-bond acceptors (Lipinski definition) is 6. The molecule has 6 nitrogen and oxygen atoms in total. The average Bonchev–Trinajstić information content (AvgIpc) is 2.37. The summed E-state index contributed by atoms with van der Waals surface area (Å²) >= 11 is 0. The lowest BCUT2D eigenvalue weighted by molar-refractivity contribution is -0.140. The van der Waals surface area contributed by atoms with Gasteiger partial charge in [0.1, 0.15) is 0 Å². The van der Waals surface area contributed by atoms with E-state index in [1.165, 1.54) is 0 Å². The minimum atomic E-state index is -0.611. The van der Waals surface area contributed by atoms with Crippen LogP contribution in [0, 0.1) is 0 Å². The van der Waals surface area contributed by atoms with Gasteiger partial charge in [-0.15, -0.1) is 0 Å². The Morgan fingerprint density at radius 2 is 1.17 bits per heavy atom. The van der Waals surface area contributed by atoms with Gasteiger partial charge in [0.05, 0.1) is 13.2 Å². The monoisotopic (exact) mass is 260 g/mol. The molecular weight excluding hydrogens is 240 g/mol.